The molecule has 16 heavy (non-hydrogen) atoms. The van der Waals surface area contributed by atoms with Crippen LogP contribution >= 0.6 is 0 Å². The van der Waals surface area contributed by atoms with Gasteiger partial charge in [-0.1, -0.05) is 0 Å². The van der Waals surface area contributed by atoms with Gasteiger partial charge in [0.25, 0.3) is 5.69 Å². The van der Waals surface area contributed by atoms with E-state index in [0.29, 0.717) is 12.1 Å². The standard InChI is InChI=1S/C8H3F4NO3/c9-7(14)5-2-1-4(13(15)16)3-6(5)8(10,11)12/h1-3H. The van der Waals surface area contributed by atoms with Crippen LogP contribution in [0.3, 0.4) is 0 Å². The van der Waals surface area contributed by atoms with Crippen molar-refractivity contribution < 1.29 is 27.3 Å². The number of nitro benzene ring substituents is 1. The number of halogens is 4. The second kappa shape index (κ2) is 3.87. The summed E-state index contributed by atoms with van der Waals surface area (Å²) in [5.41, 5.74) is -3.76. The monoisotopic (exact) mass is 237 g/mol. The quantitative estimate of drug-likeness (QED) is 0.344. The summed E-state index contributed by atoms with van der Waals surface area (Å²) in [5, 5.41) is 10.2. The van der Waals surface area contributed by atoms with Crippen LogP contribution in [-0.2, 0) is 6.18 Å². The number of non-ortho nitro benzene ring substituents is 1. The van der Waals surface area contributed by atoms with Crippen molar-refractivity contribution in [3.63, 3.8) is 0 Å². The molecular formula is C8H3F4NO3. The van der Waals surface area contributed by atoms with Gasteiger partial charge in [0.05, 0.1) is 16.1 Å². The van der Waals surface area contributed by atoms with Crippen molar-refractivity contribution >= 4 is 11.7 Å². The predicted molar refractivity (Wildman–Crippen MR) is 43.5 cm³/mol. The molecule has 0 aromatic heterocycles. The summed E-state index contributed by atoms with van der Waals surface area (Å²) in [6, 6.07) is -1.11. The molecule has 0 N–H and O–H groups in total. The van der Waals surface area contributed by atoms with Crippen molar-refractivity contribution in [2.75, 3.05) is 0 Å². The number of carbonyl (C=O) groups is 1. The summed E-state index contributed by atoms with van der Waals surface area (Å²) in [4.78, 5) is 19.4. The van der Waals surface area contributed by atoms with Crippen molar-refractivity contribution in [2.24, 2.45) is 0 Å². The van der Waals surface area contributed by atoms with E-state index in [0.717, 1.165) is 0 Å². The minimum atomic E-state index is -5.02. The zero-order valence-corrected chi connectivity index (χ0v) is 7.42. The molecule has 1 rings (SSSR count). The van der Waals surface area contributed by atoms with Crippen LogP contribution < -0.4 is 0 Å². The average molecular weight is 237 g/mol. The number of carbonyl (C=O) groups excluding carboxylic acids is 1. The Morgan fingerprint density at radius 3 is 2.25 bits per heavy atom. The molecule has 0 aliphatic carbocycles. The Bertz CT molecular complexity index is 455. The minimum Gasteiger partial charge on any atom is -0.258 e. The predicted octanol–water partition coefficient (Wildman–Crippen LogP) is 2.72. The van der Waals surface area contributed by atoms with Crippen LogP contribution in [-0.4, -0.2) is 11.0 Å². The molecule has 0 bridgehead atoms. The highest BCUT2D eigenvalue weighted by atomic mass is 19.4. The smallest absolute Gasteiger partial charge is 0.258 e. The maximum absolute atomic E-state index is 12.3. The van der Waals surface area contributed by atoms with E-state index in [9.17, 15) is 32.5 Å². The van der Waals surface area contributed by atoms with E-state index in [-0.39, 0.29) is 6.07 Å². The van der Waals surface area contributed by atoms with Gasteiger partial charge in [-0.3, -0.25) is 14.9 Å². The topological polar surface area (TPSA) is 60.2 Å². The lowest BCUT2D eigenvalue weighted by molar-refractivity contribution is -0.385. The van der Waals surface area contributed by atoms with Gasteiger partial charge in [-0.2, -0.15) is 17.6 Å². The number of hydrogen-bond acceptors (Lipinski definition) is 3. The molecule has 1 aromatic rings. The third kappa shape index (κ3) is 2.33. The van der Waals surface area contributed by atoms with Gasteiger partial charge in [-0.25, -0.2) is 0 Å². The molecule has 0 unspecified atom stereocenters. The fourth-order valence-corrected chi connectivity index (χ4v) is 1.05. The van der Waals surface area contributed by atoms with Gasteiger partial charge < -0.3 is 0 Å². The van der Waals surface area contributed by atoms with Gasteiger partial charge in [0.15, 0.2) is 0 Å². The third-order valence-corrected chi connectivity index (χ3v) is 1.73. The molecule has 0 radical (unpaired) electrons. The summed E-state index contributed by atoms with van der Waals surface area (Å²) in [7, 11) is 0. The Morgan fingerprint density at radius 1 is 1.31 bits per heavy atom. The Morgan fingerprint density at radius 2 is 1.88 bits per heavy atom. The molecule has 1 aromatic carbocycles. The van der Waals surface area contributed by atoms with E-state index in [2.05, 4.69) is 0 Å². The Kier molecular flexibility index (Phi) is 2.92. The number of nitrogens with zero attached hydrogens (tertiary/aromatic N) is 1. The highest BCUT2D eigenvalue weighted by Crippen LogP contribution is 2.34. The zero-order chi connectivity index (χ0) is 12.5. The molecule has 8 heteroatoms. The second-order valence-corrected chi connectivity index (χ2v) is 2.76. The fourth-order valence-electron chi connectivity index (χ4n) is 1.05. The number of hydrogen-bond donors (Lipinski definition) is 0. The number of nitro groups is 1. The molecule has 0 fully saturated rings. The lowest BCUT2D eigenvalue weighted by Crippen LogP contribution is -2.11. The lowest BCUT2D eigenvalue weighted by Gasteiger charge is -2.08. The molecule has 86 valence electrons. The first-order chi connectivity index (χ1) is 7.23. The zero-order valence-electron chi connectivity index (χ0n) is 7.42. The van der Waals surface area contributed by atoms with Crippen molar-refractivity contribution in [1.82, 2.24) is 0 Å². The summed E-state index contributed by atoms with van der Waals surface area (Å²) in [5.74, 6) is 0. The molecule has 0 saturated heterocycles. The molecule has 0 amide bonds. The number of alkyl halides is 3. The van der Waals surface area contributed by atoms with Gasteiger partial charge in [-0.15, -0.1) is 0 Å². The minimum absolute atomic E-state index is 0.118. The summed E-state index contributed by atoms with van der Waals surface area (Å²) >= 11 is 0. The molecular weight excluding hydrogens is 234 g/mol. The molecule has 0 spiro atoms. The van der Waals surface area contributed by atoms with Crippen molar-refractivity contribution in [1.29, 1.82) is 0 Å². The Labute approximate surface area is 85.6 Å². The highest BCUT2D eigenvalue weighted by Gasteiger charge is 2.36. The summed E-state index contributed by atoms with van der Waals surface area (Å²) in [6.07, 6.45) is -5.02. The Balaban J connectivity index is 3.45. The van der Waals surface area contributed by atoms with E-state index in [1.165, 1.54) is 0 Å². The number of rotatable bonds is 2. The van der Waals surface area contributed by atoms with Gasteiger partial charge in [0.1, 0.15) is 0 Å². The summed E-state index contributed by atoms with van der Waals surface area (Å²) in [6.45, 7) is 0. The largest absolute Gasteiger partial charge is 0.417 e. The molecule has 0 saturated carbocycles. The van der Waals surface area contributed by atoms with E-state index in [1.54, 1.807) is 0 Å². The maximum atomic E-state index is 12.3. The van der Waals surface area contributed by atoms with Crippen LogP contribution in [0.5, 0.6) is 0 Å². The molecule has 4 nitrogen and oxygen atoms in total. The third-order valence-electron chi connectivity index (χ3n) is 1.73. The normalized spacial score (nSPS) is 11.2. The number of benzene rings is 1. The van der Waals surface area contributed by atoms with Gasteiger partial charge in [-0.05, 0) is 6.07 Å². The van der Waals surface area contributed by atoms with Crippen LogP contribution in [0.25, 0.3) is 0 Å². The molecule has 0 aliphatic heterocycles. The highest BCUT2D eigenvalue weighted by molar-refractivity contribution is 5.90. The van der Waals surface area contributed by atoms with Crippen molar-refractivity contribution in [2.45, 2.75) is 6.18 Å². The van der Waals surface area contributed by atoms with Crippen molar-refractivity contribution in [3.05, 3.63) is 39.4 Å². The molecule has 0 heterocycles. The fraction of sp³-hybridized carbons (Fsp3) is 0.125. The second-order valence-electron chi connectivity index (χ2n) is 2.76. The first kappa shape index (κ1) is 12.1. The van der Waals surface area contributed by atoms with Gasteiger partial charge in [0.2, 0.25) is 0 Å². The van der Waals surface area contributed by atoms with E-state index >= 15 is 0 Å². The SMILES string of the molecule is O=C(F)c1ccc([N+](=O)[O-])cc1C(F)(F)F. The lowest BCUT2D eigenvalue weighted by atomic mass is 10.1. The Hall–Kier alpha value is -1.99. The van der Waals surface area contributed by atoms with Crippen LogP contribution in [0.1, 0.15) is 15.9 Å². The van der Waals surface area contributed by atoms with Crippen LogP contribution in [0.4, 0.5) is 23.2 Å². The van der Waals surface area contributed by atoms with Crippen LogP contribution in [0, 0.1) is 10.1 Å². The van der Waals surface area contributed by atoms with Crippen molar-refractivity contribution in [3.8, 4) is 0 Å². The first-order valence-electron chi connectivity index (χ1n) is 3.79. The van der Waals surface area contributed by atoms with E-state index in [4.69, 9.17) is 0 Å². The van der Waals surface area contributed by atoms with E-state index < -0.39 is 34.0 Å². The first-order valence-corrected chi connectivity index (χ1v) is 3.79. The van der Waals surface area contributed by atoms with Gasteiger partial charge >= 0.3 is 12.2 Å². The maximum Gasteiger partial charge on any atom is 0.417 e. The summed E-state index contributed by atoms with van der Waals surface area (Å²) < 4.78 is 49.2. The van der Waals surface area contributed by atoms with E-state index in [1.807, 2.05) is 0 Å². The molecule has 0 atom stereocenters. The average Bonchev–Trinajstić information content (AvgIpc) is 2.15. The molecule has 0 aliphatic rings. The van der Waals surface area contributed by atoms with Crippen LogP contribution in [0.2, 0.25) is 0 Å². The van der Waals surface area contributed by atoms with Crippen LogP contribution in [0.15, 0.2) is 18.2 Å². The van der Waals surface area contributed by atoms with Gasteiger partial charge in [0, 0.05) is 12.1 Å².